The summed E-state index contributed by atoms with van der Waals surface area (Å²) in [6.07, 6.45) is 0. The van der Waals surface area contributed by atoms with Crippen LogP contribution in [0.2, 0.25) is 0 Å². The minimum atomic E-state index is -0.823. The van der Waals surface area contributed by atoms with Crippen LogP contribution in [0.15, 0.2) is 42.5 Å². The monoisotopic (exact) mass is 309 g/mol. The highest BCUT2D eigenvalue weighted by atomic mass is 19.1. The molecule has 6 heteroatoms. The second-order valence-corrected chi connectivity index (χ2v) is 5.11. The number of hydrogen-bond donors (Lipinski definition) is 2. The van der Waals surface area contributed by atoms with E-state index in [0.29, 0.717) is 12.6 Å². The maximum Gasteiger partial charge on any atom is 0.279 e. The molecular formula is C16H16F3N2O+. The maximum atomic E-state index is 13.4. The van der Waals surface area contributed by atoms with E-state index in [-0.39, 0.29) is 18.0 Å². The Kier molecular flexibility index (Phi) is 5.16. The van der Waals surface area contributed by atoms with Crippen molar-refractivity contribution in [2.45, 2.75) is 6.54 Å². The molecule has 0 aliphatic rings. The van der Waals surface area contributed by atoms with Crippen LogP contribution in [0.1, 0.15) is 5.56 Å². The van der Waals surface area contributed by atoms with Crippen LogP contribution in [0.25, 0.3) is 0 Å². The molecular weight excluding hydrogens is 293 g/mol. The summed E-state index contributed by atoms with van der Waals surface area (Å²) < 4.78 is 39.3. The van der Waals surface area contributed by atoms with Gasteiger partial charge < -0.3 is 10.2 Å². The average Bonchev–Trinajstić information content (AvgIpc) is 2.41. The lowest BCUT2D eigenvalue weighted by molar-refractivity contribution is -0.885. The van der Waals surface area contributed by atoms with Crippen molar-refractivity contribution in [1.82, 2.24) is 0 Å². The molecule has 1 atom stereocenters. The van der Waals surface area contributed by atoms with Crippen LogP contribution < -0.4 is 10.2 Å². The third-order valence-electron chi connectivity index (χ3n) is 3.06. The van der Waals surface area contributed by atoms with E-state index in [1.807, 2.05) is 0 Å². The molecule has 0 aliphatic heterocycles. The summed E-state index contributed by atoms with van der Waals surface area (Å²) in [5.74, 6) is -2.26. The van der Waals surface area contributed by atoms with Crippen LogP contribution in [-0.4, -0.2) is 19.5 Å². The summed E-state index contributed by atoms with van der Waals surface area (Å²) >= 11 is 0. The van der Waals surface area contributed by atoms with Gasteiger partial charge in [0.2, 0.25) is 0 Å². The van der Waals surface area contributed by atoms with E-state index in [4.69, 9.17) is 0 Å². The van der Waals surface area contributed by atoms with Gasteiger partial charge in [-0.05, 0) is 24.3 Å². The molecule has 0 bridgehead atoms. The van der Waals surface area contributed by atoms with Crippen LogP contribution in [-0.2, 0) is 11.3 Å². The Morgan fingerprint density at radius 1 is 1.09 bits per heavy atom. The normalized spacial score (nSPS) is 12.0. The molecule has 22 heavy (non-hydrogen) atoms. The van der Waals surface area contributed by atoms with E-state index < -0.39 is 17.5 Å². The van der Waals surface area contributed by atoms with Crippen LogP contribution in [0, 0.1) is 17.5 Å². The summed E-state index contributed by atoms with van der Waals surface area (Å²) in [4.78, 5) is 12.7. The Hall–Kier alpha value is -2.34. The minimum Gasteiger partial charge on any atom is -0.326 e. The van der Waals surface area contributed by atoms with Gasteiger partial charge in [-0.15, -0.1) is 0 Å². The average molecular weight is 309 g/mol. The number of amides is 1. The van der Waals surface area contributed by atoms with E-state index >= 15 is 0 Å². The van der Waals surface area contributed by atoms with Gasteiger partial charge in [0, 0.05) is 11.6 Å². The van der Waals surface area contributed by atoms with Crippen molar-refractivity contribution < 1.29 is 22.9 Å². The highest BCUT2D eigenvalue weighted by Gasteiger charge is 2.13. The van der Waals surface area contributed by atoms with Gasteiger partial charge in [0.25, 0.3) is 5.91 Å². The summed E-state index contributed by atoms with van der Waals surface area (Å²) in [6, 6.07) is 9.07. The highest BCUT2D eigenvalue weighted by molar-refractivity contribution is 5.91. The maximum absolute atomic E-state index is 13.4. The standard InChI is InChI=1S/C16H15F3N2O/c1-21(9-11-3-2-4-12(17)7-11)10-16(22)20-15-6-5-13(18)8-14(15)19/h2-8H,9-10H2,1H3,(H,20,22)/p+1. The molecule has 1 unspecified atom stereocenters. The number of halogens is 3. The number of carbonyl (C=O) groups is 1. The molecule has 0 heterocycles. The zero-order valence-electron chi connectivity index (χ0n) is 12.0. The molecule has 2 rings (SSSR count). The molecule has 0 saturated heterocycles. The predicted octanol–water partition coefficient (Wildman–Crippen LogP) is 1.76. The molecule has 3 nitrogen and oxygen atoms in total. The number of anilines is 1. The first kappa shape index (κ1) is 16.0. The highest BCUT2D eigenvalue weighted by Crippen LogP contribution is 2.14. The number of benzene rings is 2. The van der Waals surface area contributed by atoms with Gasteiger partial charge in [-0.25, -0.2) is 13.2 Å². The Balaban J connectivity index is 1.91. The molecule has 0 saturated carbocycles. The molecule has 2 N–H and O–H groups in total. The summed E-state index contributed by atoms with van der Waals surface area (Å²) in [5, 5.41) is 2.39. The van der Waals surface area contributed by atoms with Crippen molar-refractivity contribution in [3.8, 4) is 0 Å². The van der Waals surface area contributed by atoms with Crippen molar-refractivity contribution in [3.63, 3.8) is 0 Å². The number of carbonyl (C=O) groups excluding carboxylic acids is 1. The van der Waals surface area contributed by atoms with Gasteiger partial charge in [0.05, 0.1) is 12.7 Å². The van der Waals surface area contributed by atoms with Gasteiger partial charge >= 0.3 is 0 Å². The van der Waals surface area contributed by atoms with E-state index in [9.17, 15) is 18.0 Å². The van der Waals surface area contributed by atoms with Crippen LogP contribution >= 0.6 is 0 Å². The summed E-state index contributed by atoms with van der Waals surface area (Å²) in [6.45, 7) is 0.532. The fraction of sp³-hybridized carbons (Fsp3) is 0.188. The van der Waals surface area contributed by atoms with Crippen molar-refractivity contribution in [3.05, 3.63) is 65.5 Å². The smallest absolute Gasteiger partial charge is 0.279 e. The molecule has 0 aromatic heterocycles. The molecule has 0 fully saturated rings. The van der Waals surface area contributed by atoms with Gasteiger partial charge in [-0.1, -0.05) is 12.1 Å². The van der Waals surface area contributed by atoms with E-state index in [0.717, 1.165) is 16.5 Å². The zero-order valence-corrected chi connectivity index (χ0v) is 12.0. The van der Waals surface area contributed by atoms with Crippen molar-refractivity contribution in [2.75, 3.05) is 18.9 Å². The lowest BCUT2D eigenvalue weighted by Crippen LogP contribution is -3.08. The van der Waals surface area contributed by atoms with E-state index in [1.54, 1.807) is 19.2 Å². The Morgan fingerprint density at radius 2 is 1.82 bits per heavy atom. The minimum absolute atomic E-state index is 0.0649. The summed E-state index contributed by atoms with van der Waals surface area (Å²) in [7, 11) is 1.77. The van der Waals surface area contributed by atoms with Crippen molar-refractivity contribution in [2.24, 2.45) is 0 Å². The number of rotatable bonds is 5. The van der Waals surface area contributed by atoms with Gasteiger partial charge in [0.15, 0.2) is 6.54 Å². The van der Waals surface area contributed by atoms with Crippen LogP contribution in [0.5, 0.6) is 0 Å². The molecule has 2 aromatic carbocycles. The molecule has 1 amide bonds. The van der Waals surface area contributed by atoms with Crippen LogP contribution in [0.3, 0.4) is 0 Å². The number of quaternary nitrogens is 1. The van der Waals surface area contributed by atoms with Crippen molar-refractivity contribution >= 4 is 11.6 Å². The predicted molar refractivity (Wildman–Crippen MR) is 76.8 cm³/mol. The molecule has 2 aromatic rings. The third-order valence-corrected chi connectivity index (χ3v) is 3.06. The second kappa shape index (κ2) is 7.09. The Morgan fingerprint density at radius 3 is 2.50 bits per heavy atom. The molecule has 116 valence electrons. The zero-order chi connectivity index (χ0) is 16.1. The first-order valence-electron chi connectivity index (χ1n) is 6.74. The lowest BCUT2D eigenvalue weighted by Gasteiger charge is -2.14. The molecule has 0 aliphatic carbocycles. The fourth-order valence-electron chi connectivity index (χ4n) is 2.12. The Labute approximate surface area is 126 Å². The molecule has 0 radical (unpaired) electrons. The van der Waals surface area contributed by atoms with E-state index in [1.165, 1.54) is 18.2 Å². The van der Waals surface area contributed by atoms with Crippen molar-refractivity contribution in [1.29, 1.82) is 0 Å². The topological polar surface area (TPSA) is 33.5 Å². The molecule has 0 spiro atoms. The quantitative estimate of drug-likeness (QED) is 0.867. The fourth-order valence-corrected chi connectivity index (χ4v) is 2.12. The number of nitrogens with one attached hydrogen (secondary N) is 2. The van der Waals surface area contributed by atoms with Gasteiger partial charge in [0.1, 0.15) is 24.0 Å². The number of hydrogen-bond acceptors (Lipinski definition) is 1. The van der Waals surface area contributed by atoms with Crippen LogP contribution in [0.4, 0.5) is 18.9 Å². The summed E-state index contributed by atoms with van der Waals surface area (Å²) in [5.41, 5.74) is 0.697. The first-order valence-corrected chi connectivity index (χ1v) is 6.74. The second-order valence-electron chi connectivity index (χ2n) is 5.11. The lowest BCUT2D eigenvalue weighted by atomic mass is 10.2. The first-order chi connectivity index (χ1) is 10.4. The van der Waals surface area contributed by atoms with Gasteiger partial charge in [-0.2, -0.15) is 0 Å². The van der Waals surface area contributed by atoms with Gasteiger partial charge in [-0.3, -0.25) is 4.79 Å². The SMILES string of the molecule is C[NH+](CC(=O)Nc1ccc(F)cc1F)Cc1cccc(F)c1. The largest absolute Gasteiger partial charge is 0.326 e. The number of likely N-dealkylation sites (N-methyl/N-ethyl adjacent to an activating group) is 1. The Bertz CT molecular complexity index is 676. The van der Waals surface area contributed by atoms with E-state index in [2.05, 4.69) is 5.32 Å². The third kappa shape index (κ3) is 4.60.